The first-order valence-corrected chi connectivity index (χ1v) is 10.2. The van der Waals surface area contributed by atoms with Crippen molar-refractivity contribution < 1.29 is 17.9 Å². The largest absolute Gasteiger partial charge is 0.497 e. The molecule has 0 bridgehead atoms. The van der Waals surface area contributed by atoms with Crippen LogP contribution in [0.1, 0.15) is 6.42 Å². The summed E-state index contributed by atoms with van der Waals surface area (Å²) in [6, 6.07) is 14.1. The number of nitrogens with one attached hydrogen (secondary N) is 1. The van der Waals surface area contributed by atoms with Crippen molar-refractivity contribution in [3.8, 4) is 5.75 Å². The molecule has 0 fully saturated rings. The van der Waals surface area contributed by atoms with Crippen molar-refractivity contribution in [2.45, 2.75) is 6.42 Å². The van der Waals surface area contributed by atoms with Crippen molar-refractivity contribution >= 4 is 33.0 Å². The fourth-order valence-electron chi connectivity index (χ4n) is 2.53. The molecule has 2 aromatic carbocycles. The number of hydrogen-bond acceptors (Lipinski definition) is 5. The molecule has 27 heavy (non-hydrogen) atoms. The number of carbonyl (C=O) groups excluding carboxylic acids is 1. The van der Waals surface area contributed by atoms with Crippen LogP contribution in [0.5, 0.6) is 5.75 Å². The average Bonchev–Trinajstić information content (AvgIpc) is 2.61. The maximum Gasteiger partial charge on any atom is 0.232 e. The summed E-state index contributed by atoms with van der Waals surface area (Å²) in [6.07, 6.45) is 1.16. The minimum atomic E-state index is -3.51. The highest BCUT2D eigenvalue weighted by molar-refractivity contribution is 7.92. The Morgan fingerprint density at radius 2 is 1.70 bits per heavy atom. The first-order chi connectivity index (χ1) is 12.7. The summed E-state index contributed by atoms with van der Waals surface area (Å²) in [4.78, 5) is 14.2. The standard InChI is InChI=1S/C19H25N3O4S/c1-21(2)16-8-10-17(11-9-16)22(27(4,24)25)13-12-19(23)20-15-6-5-7-18(14-15)26-3/h5-11,14H,12-13H2,1-4H3,(H,20,23). The molecule has 0 saturated carbocycles. The third-order valence-electron chi connectivity index (χ3n) is 3.95. The predicted octanol–water partition coefficient (Wildman–Crippen LogP) is 2.56. The average molecular weight is 391 g/mol. The van der Waals surface area contributed by atoms with Crippen LogP contribution >= 0.6 is 0 Å². The summed E-state index contributed by atoms with van der Waals surface area (Å²) in [5.41, 5.74) is 2.08. The molecule has 0 heterocycles. The Bertz CT molecular complexity index is 880. The van der Waals surface area contributed by atoms with Gasteiger partial charge in [-0.05, 0) is 36.4 Å². The van der Waals surface area contributed by atoms with Gasteiger partial charge >= 0.3 is 0 Å². The summed E-state index contributed by atoms with van der Waals surface area (Å²) >= 11 is 0. The Morgan fingerprint density at radius 1 is 1.07 bits per heavy atom. The first kappa shape index (κ1) is 20.6. The van der Waals surface area contributed by atoms with Gasteiger partial charge < -0.3 is 15.0 Å². The molecule has 0 saturated heterocycles. The molecule has 0 aliphatic carbocycles. The second kappa shape index (κ2) is 8.77. The van der Waals surface area contributed by atoms with E-state index in [1.165, 1.54) is 4.31 Å². The summed E-state index contributed by atoms with van der Waals surface area (Å²) in [5.74, 6) is 0.355. The summed E-state index contributed by atoms with van der Waals surface area (Å²) in [6.45, 7) is 0.0515. The zero-order valence-corrected chi connectivity index (χ0v) is 16.8. The SMILES string of the molecule is COc1cccc(NC(=O)CCN(c2ccc(N(C)C)cc2)S(C)(=O)=O)c1. The Labute approximate surface area is 160 Å². The second-order valence-electron chi connectivity index (χ2n) is 6.28. The molecular weight excluding hydrogens is 366 g/mol. The third-order valence-corrected chi connectivity index (χ3v) is 5.14. The van der Waals surface area contributed by atoms with Crippen LogP contribution < -0.4 is 19.3 Å². The number of hydrogen-bond donors (Lipinski definition) is 1. The molecular formula is C19H25N3O4S. The van der Waals surface area contributed by atoms with E-state index < -0.39 is 10.0 Å². The molecule has 0 atom stereocenters. The topological polar surface area (TPSA) is 79.0 Å². The summed E-state index contributed by atoms with van der Waals surface area (Å²) < 4.78 is 30.7. The second-order valence-corrected chi connectivity index (χ2v) is 8.18. The van der Waals surface area contributed by atoms with E-state index in [0.717, 1.165) is 11.9 Å². The molecule has 1 amide bonds. The normalized spacial score (nSPS) is 11.0. The van der Waals surface area contributed by atoms with Crippen LogP contribution in [0.2, 0.25) is 0 Å². The molecule has 8 heteroatoms. The van der Waals surface area contributed by atoms with Gasteiger partial charge in [0.15, 0.2) is 0 Å². The Morgan fingerprint density at radius 3 is 2.26 bits per heavy atom. The lowest BCUT2D eigenvalue weighted by atomic mass is 10.2. The molecule has 0 aliphatic rings. The van der Waals surface area contributed by atoms with Crippen molar-refractivity contribution in [3.63, 3.8) is 0 Å². The van der Waals surface area contributed by atoms with Crippen LogP contribution in [-0.4, -0.2) is 48.3 Å². The molecule has 1 N–H and O–H groups in total. The van der Waals surface area contributed by atoms with E-state index >= 15 is 0 Å². The smallest absolute Gasteiger partial charge is 0.232 e. The van der Waals surface area contributed by atoms with Crippen molar-refractivity contribution in [2.24, 2.45) is 0 Å². The number of anilines is 3. The molecule has 0 spiro atoms. The van der Waals surface area contributed by atoms with Crippen LogP contribution in [0, 0.1) is 0 Å². The number of methoxy groups -OCH3 is 1. The molecule has 2 aromatic rings. The fourth-order valence-corrected chi connectivity index (χ4v) is 3.46. The van der Waals surface area contributed by atoms with Gasteiger partial charge in [0, 0.05) is 44.5 Å². The van der Waals surface area contributed by atoms with E-state index in [-0.39, 0.29) is 18.9 Å². The number of ether oxygens (including phenoxy) is 1. The van der Waals surface area contributed by atoms with Gasteiger partial charge in [-0.1, -0.05) is 6.07 Å². The van der Waals surface area contributed by atoms with Crippen molar-refractivity contribution in [1.29, 1.82) is 0 Å². The zero-order valence-electron chi connectivity index (χ0n) is 16.0. The Kier molecular flexibility index (Phi) is 6.68. The van der Waals surface area contributed by atoms with Crippen LogP contribution in [-0.2, 0) is 14.8 Å². The maximum absolute atomic E-state index is 12.2. The molecule has 0 unspecified atom stereocenters. The van der Waals surface area contributed by atoms with E-state index in [0.29, 0.717) is 17.1 Å². The molecule has 0 aromatic heterocycles. The number of sulfonamides is 1. The van der Waals surface area contributed by atoms with Gasteiger partial charge in [0.25, 0.3) is 0 Å². The monoisotopic (exact) mass is 391 g/mol. The van der Waals surface area contributed by atoms with E-state index in [2.05, 4.69) is 5.32 Å². The molecule has 0 aliphatic heterocycles. The Balaban J connectivity index is 2.07. The minimum absolute atomic E-state index is 0.0275. The highest BCUT2D eigenvalue weighted by Gasteiger charge is 2.19. The summed E-state index contributed by atoms with van der Waals surface area (Å²) in [7, 11) is 1.86. The summed E-state index contributed by atoms with van der Waals surface area (Å²) in [5, 5.41) is 2.75. The van der Waals surface area contributed by atoms with Crippen molar-refractivity contribution in [1.82, 2.24) is 0 Å². The van der Waals surface area contributed by atoms with Gasteiger partial charge in [0.05, 0.1) is 19.1 Å². The van der Waals surface area contributed by atoms with E-state index in [1.54, 1.807) is 43.5 Å². The van der Waals surface area contributed by atoms with Crippen LogP contribution in [0.25, 0.3) is 0 Å². The van der Waals surface area contributed by atoms with Crippen molar-refractivity contribution in [3.05, 3.63) is 48.5 Å². The third kappa shape index (κ3) is 5.89. The number of amides is 1. The highest BCUT2D eigenvalue weighted by Crippen LogP contribution is 2.22. The van der Waals surface area contributed by atoms with E-state index in [9.17, 15) is 13.2 Å². The maximum atomic E-state index is 12.2. The van der Waals surface area contributed by atoms with Crippen LogP contribution in [0.3, 0.4) is 0 Å². The number of nitrogens with zero attached hydrogens (tertiary/aromatic N) is 2. The quantitative estimate of drug-likeness (QED) is 0.748. The lowest BCUT2D eigenvalue weighted by Gasteiger charge is -2.23. The fraction of sp³-hybridized carbons (Fsp3) is 0.316. The molecule has 146 valence electrons. The zero-order chi connectivity index (χ0) is 20.0. The van der Waals surface area contributed by atoms with Crippen LogP contribution in [0.4, 0.5) is 17.1 Å². The van der Waals surface area contributed by atoms with Gasteiger partial charge in [-0.3, -0.25) is 9.10 Å². The lowest BCUT2D eigenvalue weighted by Crippen LogP contribution is -2.33. The highest BCUT2D eigenvalue weighted by atomic mass is 32.2. The van der Waals surface area contributed by atoms with Crippen molar-refractivity contribution in [2.75, 3.05) is 48.5 Å². The van der Waals surface area contributed by atoms with E-state index in [1.807, 2.05) is 31.1 Å². The first-order valence-electron chi connectivity index (χ1n) is 8.39. The van der Waals surface area contributed by atoms with E-state index in [4.69, 9.17) is 4.74 Å². The number of benzene rings is 2. The van der Waals surface area contributed by atoms with Gasteiger partial charge in [0.2, 0.25) is 15.9 Å². The lowest BCUT2D eigenvalue weighted by molar-refractivity contribution is -0.116. The Hall–Kier alpha value is -2.74. The molecule has 2 rings (SSSR count). The molecule has 0 radical (unpaired) electrons. The minimum Gasteiger partial charge on any atom is -0.497 e. The predicted molar refractivity (Wildman–Crippen MR) is 109 cm³/mol. The van der Waals surface area contributed by atoms with Gasteiger partial charge in [0.1, 0.15) is 5.75 Å². The number of carbonyl (C=O) groups is 1. The number of rotatable bonds is 8. The van der Waals surface area contributed by atoms with Gasteiger partial charge in [-0.25, -0.2) is 8.42 Å². The van der Waals surface area contributed by atoms with Crippen LogP contribution in [0.15, 0.2) is 48.5 Å². The van der Waals surface area contributed by atoms with Gasteiger partial charge in [-0.2, -0.15) is 0 Å². The molecule has 7 nitrogen and oxygen atoms in total. The van der Waals surface area contributed by atoms with Gasteiger partial charge in [-0.15, -0.1) is 0 Å².